The molecule has 3 nitrogen and oxygen atoms in total. The molecule has 0 aliphatic rings. The van der Waals surface area contributed by atoms with E-state index in [-0.39, 0.29) is 5.75 Å². The largest absolute Gasteiger partial charge is 0.504 e. The Hall–Kier alpha value is -0.870. The summed E-state index contributed by atoms with van der Waals surface area (Å²) in [6, 6.07) is 5.56. The molecule has 0 saturated carbocycles. The van der Waals surface area contributed by atoms with Crippen molar-refractivity contribution in [3.63, 3.8) is 0 Å². The van der Waals surface area contributed by atoms with E-state index in [1.54, 1.807) is 13.2 Å². The molecule has 0 heterocycles. The molecule has 0 spiro atoms. The third-order valence-electron chi connectivity index (χ3n) is 2.56. The number of nitrogens with one attached hydrogen (secondary N) is 1. The average molecular weight is 255 g/mol. The number of phenolic OH excluding ortho intramolecular Hbond substituents is 1. The van der Waals surface area contributed by atoms with Crippen molar-refractivity contribution in [2.75, 3.05) is 25.7 Å². The number of thioether (sulfide) groups is 1. The van der Waals surface area contributed by atoms with E-state index in [1.165, 1.54) is 0 Å². The molecular weight excluding hydrogens is 234 g/mol. The van der Waals surface area contributed by atoms with E-state index in [4.69, 9.17) is 4.74 Å². The number of phenols is 1. The first-order chi connectivity index (χ1) is 8.19. The van der Waals surface area contributed by atoms with Crippen molar-refractivity contribution in [1.29, 1.82) is 0 Å². The number of hydrogen-bond acceptors (Lipinski definition) is 4. The van der Waals surface area contributed by atoms with Crippen LogP contribution in [0.1, 0.15) is 12.5 Å². The minimum absolute atomic E-state index is 0.236. The monoisotopic (exact) mass is 255 g/mol. The molecule has 1 atom stereocenters. The van der Waals surface area contributed by atoms with E-state index in [0.29, 0.717) is 18.2 Å². The standard InChI is InChI=1S/C13H21NO2S/c1-10(9-17-3)7-14-8-11-5-4-6-12(16-2)13(11)15/h4-6,10,14-15H,7-9H2,1-3H3. The lowest BCUT2D eigenvalue weighted by atomic mass is 10.1. The zero-order chi connectivity index (χ0) is 12.7. The van der Waals surface area contributed by atoms with Crippen LogP contribution in [0.2, 0.25) is 0 Å². The van der Waals surface area contributed by atoms with Gasteiger partial charge in [0.05, 0.1) is 7.11 Å². The lowest BCUT2D eigenvalue weighted by molar-refractivity contribution is 0.369. The van der Waals surface area contributed by atoms with Gasteiger partial charge in [-0.2, -0.15) is 11.8 Å². The minimum Gasteiger partial charge on any atom is -0.504 e. The Morgan fingerprint density at radius 3 is 2.88 bits per heavy atom. The molecule has 1 aromatic rings. The second kappa shape index (κ2) is 7.45. The first-order valence-corrected chi connectivity index (χ1v) is 7.13. The molecule has 0 bridgehead atoms. The van der Waals surface area contributed by atoms with Gasteiger partial charge in [0.1, 0.15) is 0 Å². The van der Waals surface area contributed by atoms with Crippen molar-refractivity contribution in [1.82, 2.24) is 5.32 Å². The van der Waals surface area contributed by atoms with Gasteiger partial charge in [0.2, 0.25) is 0 Å². The zero-order valence-electron chi connectivity index (χ0n) is 10.7. The molecule has 1 rings (SSSR count). The molecule has 0 aliphatic heterocycles. The van der Waals surface area contributed by atoms with Crippen LogP contribution in [-0.4, -0.2) is 30.8 Å². The summed E-state index contributed by atoms with van der Waals surface area (Å²) in [7, 11) is 1.56. The number of hydrogen-bond donors (Lipinski definition) is 2. The Bertz CT molecular complexity index is 344. The maximum atomic E-state index is 9.89. The van der Waals surface area contributed by atoms with Crippen LogP contribution in [0.15, 0.2) is 18.2 Å². The third-order valence-corrected chi connectivity index (χ3v) is 3.46. The van der Waals surface area contributed by atoms with E-state index in [1.807, 2.05) is 23.9 Å². The molecule has 0 aliphatic carbocycles. The second-order valence-corrected chi connectivity index (χ2v) is 5.07. The molecule has 0 radical (unpaired) electrons. The van der Waals surface area contributed by atoms with Gasteiger partial charge in [0, 0.05) is 12.1 Å². The highest BCUT2D eigenvalue weighted by Crippen LogP contribution is 2.29. The van der Waals surface area contributed by atoms with Crippen LogP contribution in [0.4, 0.5) is 0 Å². The Morgan fingerprint density at radius 2 is 2.24 bits per heavy atom. The van der Waals surface area contributed by atoms with Crippen molar-refractivity contribution in [3.05, 3.63) is 23.8 Å². The molecule has 4 heteroatoms. The van der Waals surface area contributed by atoms with Crippen LogP contribution in [0.25, 0.3) is 0 Å². The Kier molecular flexibility index (Phi) is 6.22. The Labute approximate surface area is 108 Å². The number of rotatable bonds is 7. The number of aromatic hydroxyl groups is 1. The van der Waals surface area contributed by atoms with Crippen molar-refractivity contribution < 1.29 is 9.84 Å². The quantitative estimate of drug-likeness (QED) is 0.785. The molecule has 0 amide bonds. The van der Waals surface area contributed by atoms with E-state index >= 15 is 0 Å². The van der Waals surface area contributed by atoms with Gasteiger partial charge < -0.3 is 15.2 Å². The summed E-state index contributed by atoms with van der Waals surface area (Å²) in [4.78, 5) is 0. The summed E-state index contributed by atoms with van der Waals surface area (Å²) in [5.74, 6) is 2.55. The van der Waals surface area contributed by atoms with E-state index in [2.05, 4.69) is 18.5 Å². The van der Waals surface area contributed by atoms with Crippen LogP contribution < -0.4 is 10.1 Å². The number of benzene rings is 1. The summed E-state index contributed by atoms with van der Waals surface area (Å²) in [5.41, 5.74) is 0.876. The average Bonchev–Trinajstić information content (AvgIpc) is 2.32. The first kappa shape index (κ1) is 14.2. The van der Waals surface area contributed by atoms with Gasteiger partial charge in [-0.05, 0) is 30.5 Å². The maximum absolute atomic E-state index is 9.89. The topological polar surface area (TPSA) is 41.5 Å². The molecule has 1 aromatic carbocycles. The van der Waals surface area contributed by atoms with E-state index in [0.717, 1.165) is 17.9 Å². The normalized spacial score (nSPS) is 12.4. The Morgan fingerprint density at radius 1 is 1.47 bits per heavy atom. The van der Waals surface area contributed by atoms with Gasteiger partial charge >= 0.3 is 0 Å². The van der Waals surface area contributed by atoms with Gasteiger partial charge in [-0.25, -0.2) is 0 Å². The Balaban J connectivity index is 2.46. The second-order valence-electron chi connectivity index (χ2n) is 4.16. The third kappa shape index (κ3) is 4.48. The maximum Gasteiger partial charge on any atom is 0.162 e. The summed E-state index contributed by atoms with van der Waals surface area (Å²) in [6.07, 6.45) is 2.12. The van der Waals surface area contributed by atoms with Crippen molar-refractivity contribution >= 4 is 11.8 Å². The SMILES string of the molecule is COc1cccc(CNCC(C)CSC)c1O. The summed E-state index contributed by atoms with van der Waals surface area (Å²) >= 11 is 1.86. The summed E-state index contributed by atoms with van der Waals surface area (Å²) in [5, 5.41) is 13.2. The number of methoxy groups -OCH3 is 1. The molecular formula is C13H21NO2S. The molecule has 17 heavy (non-hydrogen) atoms. The highest BCUT2D eigenvalue weighted by molar-refractivity contribution is 7.98. The highest BCUT2D eigenvalue weighted by Gasteiger charge is 2.07. The molecule has 1 unspecified atom stereocenters. The van der Waals surface area contributed by atoms with Gasteiger partial charge in [-0.15, -0.1) is 0 Å². The van der Waals surface area contributed by atoms with Crippen LogP contribution in [0, 0.1) is 5.92 Å². The smallest absolute Gasteiger partial charge is 0.162 e. The van der Waals surface area contributed by atoms with Crippen LogP contribution in [-0.2, 0) is 6.54 Å². The van der Waals surface area contributed by atoms with E-state index < -0.39 is 0 Å². The summed E-state index contributed by atoms with van der Waals surface area (Å²) in [6.45, 7) is 3.84. The van der Waals surface area contributed by atoms with Crippen molar-refractivity contribution in [3.8, 4) is 11.5 Å². The fourth-order valence-electron chi connectivity index (χ4n) is 1.67. The molecule has 96 valence electrons. The predicted molar refractivity (Wildman–Crippen MR) is 73.9 cm³/mol. The van der Waals surface area contributed by atoms with Crippen LogP contribution >= 0.6 is 11.8 Å². The number of ether oxygens (including phenoxy) is 1. The van der Waals surface area contributed by atoms with Crippen LogP contribution in [0.3, 0.4) is 0 Å². The lowest BCUT2D eigenvalue weighted by Crippen LogP contribution is -2.22. The van der Waals surface area contributed by atoms with E-state index in [9.17, 15) is 5.11 Å². The minimum atomic E-state index is 0.236. The molecule has 0 saturated heterocycles. The van der Waals surface area contributed by atoms with Gasteiger partial charge in [-0.3, -0.25) is 0 Å². The zero-order valence-corrected chi connectivity index (χ0v) is 11.5. The first-order valence-electron chi connectivity index (χ1n) is 5.73. The molecule has 0 aromatic heterocycles. The van der Waals surface area contributed by atoms with Crippen molar-refractivity contribution in [2.45, 2.75) is 13.5 Å². The fraction of sp³-hybridized carbons (Fsp3) is 0.538. The van der Waals surface area contributed by atoms with Crippen molar-refractivity contribution in [2.24, 2.45) is 5.92 Å². The summed E-state index contributed by atoms with van der Waals surface area (Å²) < 4.78 is 5.07. The van der Waals surface area contributed by atoms with Gasteiger partial charge in [0.25, 0.3) is 0 Å². The van der Waals surface area contributed by atoms with Crippen LogP contribution in [0.5, 0.6) is 11.5 Å². The molecule has 0 fully saturated rings. The predicted octanol–water partition coefficient (Wildman–Crippen LogP) is 2.49. The number of para-hydroxylation sites is 1. The van der Waals surface area contributed by atoms with Gasteiger partial charge in [0.15, 0.2) is 11.5 Å². The fourth-order valence-corrected chi connectivity index (χ4v) is 2.36. The lowest BCUT2D eigenvalue weighted by Gasteiger charge is -2.13. The molecule has 2 N–H and O–H groups in total. The highest BCUT2D eigenvalue weighted by atomic mass is 32.2. The van der Waals surface area contributed by atoms with Gasteiger partial charge in [-0.1, -0.05) is 19.1 Å².